The molecule has 264 valence electrons. The maximum atomic E-state index is 5.04. The topological polar surface area (TPSA) is 51.6 Å². The van der Waals surface area contributed by atoms with Crippen LogP contribution in [0.4, 0.5) is 0 Å². The summed E-state index contributed by atoms with van der Waals surface area (Å²) in [6.45, 7) is 0. The molecule has 9 aromatic rings. The Bertz CT molecular complexity index is 2710. The Hall–Kier alpha value is -7.56. The Morgan fingerprint density at radius 2 is 0.661 bits per heavy atom. The van der Waals surface area contributed by atoms with E-state index in [0.717, 1.165) is 50.1 Å². The van der Waals surface area contributed by atoms with Gasteiger partial charge in [0.25, 0.3) is 0 Å². The lowest BCUT2D eigenvalue weighted by Crippen LogP contribution is -2.00. The molecule has 0 radical (unpaired) electrons. The number of aromatic nitrogens is 4. The van der Waals surface area contributed by atoms with E-state index in [1.165, 1.54) is 22.3 Å². The molecule has 0 amide bonds. The molecule has 0 bridgehead atoms. The average molecular weight is 717 g/mol. The highest BCUT2D eigenvalue weighted by molar-refractivity contribution is 6.05. The van der Waals surface area contributed by atoms with Crippen LogP contribution in [0.3, 0.4) is 0 Å². The van der Waals surface area contributed by atoms with Crippen molar-refractivity contribution in [2.45, 2.75) is 0 Å². The number of pyridine rings is 1. The lowest BCUT2D eigenvalue weighted by molar-refractivity contribution is 1.07. The van der Waals surface area contributed by atoms with Gasteiger partial charge in [0, 0.05) is 34.6 Å². The molecule has 0 saturated heterocycles. The molecule has 0 saturated carbocycles. The van der Waals surface area contributed by atoms with Gasteiger partial charge >= 0.3 is 0 Å². The summed E-state index contributed by atoms with van der Waals surface area (Å²) in [4.78, 5) is 19.3. The zero-order valence-electron chi connectivity index (χ0n) is 30.6. The van der Waals surface area contributed by atoms with Crippen LogP contribution < -0.4 is 0 Å². The predicted molar refractivity (Wildman–Crippen MR) is 229 cm³/mol. The molecule has 0 aliphatic heterocycles. The van der Waals surface area contributed by atoms with Crippen molar-refractivity contribution in [1.82, 2.24) is 19.9 Å². The highest BCUT2D eigenvalue weighted by Gasteiger charge is 2.17. The third-order valence-corrected chi connectivity index (χ3v) is 9.85. The zero-order chi connectivity index (χ0) is 37.5. The van der Waals surface area contributed by atoms with Crippen LogP contribution in [0.15, 0.2) is 219 Å². The van der Waals surface area contributed by atoms with Crippen molar-refractivity contribution in [3.63, 3.8) is 0 Å². The molecule has 0 fully saturated rings. The summed E-state index contributed by atoms with van der Waals surface area (Å²) in [6.07, 6.45) is 3.65. The molecule has 4 heteroatoms. The molecule has 2 aromatic heterocycles. The first-order valence-electron chi connectivity index (χ1n) is 18.7. The van der Waals surface area contributed by atoms with Crippen molar-refractivity contribution in [3.05, 3.63) is 241 Å². The highest BCUT2D eigenvalue weighted by atomic mass is 15.0. The molecule has 0 unspecified atom stereocenters. The number of nitrogens with zero attached hydrogens (tertiary/aromatic N) is 4. The molecule has 7 aromatic carbocycles. The second-order valence-electron chi connectivity index (χ2n) is 13.5. The SMILES string of the molecule is c1ccc(C(=C(c2ccccc2)c2cccc(-c3ccc(-c4nc(-c5ccccc5)nc(-c5cccc(-c6cccnc6)c5)n4)cc3)c2)c2ccccc2)cc1. The van der Waals surface area contributed by atoms with Gasteiger partial charge in [0.1, 0.15) is 0 Å². The average Bonchev–Trinajstić information content (AvgIpc) is 3.29. The molecule has 0 atom stereocenters. The monoisotopic (exact) mass is 716 g/mol. The van der Waals surface area contributed by atoms with E-state index in [9.17, 15) is 0 Å². The minimum absolute atomic E-state index is 0.615. The van der Waals surface area contributed by atoms with Gasteiger partial charge < -0.3 is 0 Å². The Kier molecular flexibility index (Phi) is 9.66. The van der Waals surface area contributed by atoms with Crippen LogP contribution in [0.5, 0.6) is 0 Å². The second kappa shape index (κ2) is 15.8. The van der Waals surface area contributed by atoms with Gasteiger partial charge in [0.2, 0.25) is 0 Å². The van der Waals surface area contributed by atoms with Crippen LogP contribution in [0.1, 0.15) is 22.3 Å². The quantitative estimate of drug-likeness (QED) is 0.140. The van der Waals surface area contributed by atoms with Gasteiger partial charge in [-0.15, -0.1) is 0 Å². The minimum atomic E-state index is 0.615. The van der Waals surface area contributed by atoms with E-state index >= 15 is 0 Å². The summed E-state index contributed by atoms with van der Waals surface area (Å²) in [5.41, 5.74) is 14.1. The van der Waals surface area contributed by atoms with Crippen molar-refractivity contribution >= 4 is 11.1 Å². The van der Waals surface area contributed by atoms with Crippen molar-refractivity contribution in [3.8, 4) is 56.4 Å². The summed E-state index contributed by atoms with van der Waals surface area (Å²) in [5.74, 6) is 1.86. The molecule has 0 N–H and O–H groups in total. The standard InChI is InChI=1S/C52H36N4/c1-5-16-38(17-6-1)48(39-18-7-2-8-19-39)49(40-20-9-3-10-21-40)45-26-13-24-43(34-45)37-29-31-42(32-30-37)51-54-50(41-22-11-4-12-23-41)55-52(56-51)46-27-14-25-44(35-46)47-28-15-33-53-36-47/h1-36H. The normalized spacial score (nSPS) is 10.9. The summed E-state index contributed by atoms with van der Waals surface area (Å²) in [6, 6.07) is 71.8. The van der Waals surface area contributed by atoms with Crippen molar-refractivity contribution in [2.24, 2.45) is 0 Å². The first-order chi connectivity index (χ1) is 27.8. The highest BCUT2D eigenvalue weighted by Crippen LogP contribution is 2.38. The maximum Gasteiger partial charge on any atom is 0.164 e. The Labute approximate surface area is 327 Å². The smallest absolute Gasteiger partial charge is 0.164 e. The fourth-order valence-electron chi connectivity index (χ4n) is 7.11. The van der Waals surface area contributed by atoms with Crippen molar-refractivity contribution in [2.75, 3.05) is 0 Å². The Morgan fingerprint density at radius 1 is 0.268 bits per heavy atom. The lowest BCUT2D eigenvalue weighted by Gasteiger charge is -2.19. The number of hydrogen-bond acceptors (Lipinski definition) is 4. The van der Waals surface area contributed by atoms with Gasteiger partial charge in [-0.05, 0) is 68.3 Å². The minimum Gasteiger partial charge on any atom is -0.264 e. The summed E-state index contributed by atoms with van der Waals surface area (Å²) >= 11 is 0. The first-order valence-corrected chi connectivity index (χ1v) is 18.7. The Morgan fingerprint density at radius 3 is 1.21 bits per heavy atom. The number of benzene rings is 7. The maximum absolute atomic E-state index is 5.04. The van der Waals surface area contributed by atoms with Crippen LogP contribution in [0.2, 0.25) is 0 Å². The zero-order valence-corrected chi connectivity index (χ0v) is 30.6. The van der Waals surface area contributed by atoms with Crippen molar-refractivity contribution in [1.29, 1.82) is 0 Å². The molecular formula is C52H36N4. The number of hydrogen-bond donors (Lipinski definition) is 0. The molecule has 2 heterocycles. The van der Waals surface area contributed by atoms with Crippen molar-refractivity contribution < 1.29 is 0 Å². The van der Waals surface area contributed by atoms with E-state index in [-0.39, 0.29) is 0 Å². The summed E-state index contributed by atoms with van der Waals surface area (Å²) < 4.78 is 0. The first kappa shape index (κ1) is 34.2. The van der Waals surface area contributed by atoms with Gasteiger partial charge in [-0.2, -0.15) is 0 Å². The molecular weight excluding hydrogens is 681 g/mol. The van der Waals surface area contributed by atoms with E-state index in [1.54, 1.807) is 6.20 Å². The van der Waals surface area contributed by atoms with E-state index in [1.807, 2.05) is 54.7 Å². The van der Waals surface area contributed by atoms with Gasteiger partial charge in [0.05, 0.1) is 0 Å². The van der Waals surface area contributed by atoms with Crippen LogP contribution in [0, 0.1) is 0 Å². The van der Waals surface area contributed by atoms with E-state index in [4.69, 9.17) is 15.0 Å². The predicted octanol–water partition coefficient (Wildman–Crippen LogP) is 12.6. The largest absolute Gasteiger partial charge is 0.264 e. The third-order valence-electron chi connectivity index (χ3n) is 9.85. The summed E-state index contributed by atoms with van der Waals surface area (Å²) in [5, 5.41) is 0. The van der Waals surface area contributed by atoms with Crippen LogP contribution in [0.25, 0.3) is 67.6 Å². The number of rotatable bonds is 9. The molecule has 0 spiro atoms. The van der Waals surface area contributed by atoms with E-state index in [2.05, 4.69) is 163 Å². The van der Waals surface area contributed by atoms with Gasteiger partial charge in [-0.3, -0.25) is 4.98 Å². The van der Waals surface area contributed by atoms with Gasteiger partial charge in [-0.1, -0.05) is 188 Å². The summed E-state index contributed by atoms with van der Waals surface area (Å²) in [7, 11) is 0. The molecule has 0 aliphatic carbocycles. The lowest BCUT2D eigenvalue weighted by atomic mass is 9.85. The van der Waals surface area contributed by atoms with Gasteiger partial charge in [-0.25, -0.2) is 15.0 Å². The third kappa shape index (κ3) is 7.32. The van der Waals surface area contributed by atoms with Gasteiger partial charge in [0.15, 0.2) is 17.5 Å². The van der Waals surface area contributed by atoms with E-state index < -0.39 is 0 Å². The van der Waals surface area contributed by atoms with Crippen LogP contribution >= 0.6 is 0 Å². The fourth-order valence-corrected chi connectivity index (χ4v) is 7.11. The Balaban J connectivity index is 1.12. The van der Waals surface area contributed by atoms with Crippen LogP contribution in [-0.4, -0.2) is 19.9 Å². The molecule has 0 aliphatic rings. The van der Waals surface area contributed by atoms with Crippen LogP contribution in [-0.2, 0) is 0 Å². The molecule has 56 heavy (non-hydrogen) atoms. The molecule has 4 nitrogen and oxygen atoms in total. The fraction of sp³-hybridized carbons (Fsp3) is 0. The van der Waals surface area contributed by atoms with E-state index in [0.29, 0.717) is 17.5 Å². The second-order valence-corrected chi connectivity index (χ2v) is 13.5. The molecule has 9 rings (SSSR count).